The third-order valence-corrected chi connectivity index (χ3v) is 8.61. The monoisotopic (exact) mass is 504 g/mol. The van der Waals surface area contributed by atoms with Crippen LogP contribution in [0.1, 0.15) is 27.0 Å². The van der Waals surface area contributed by atoms with Crippen molar-refractivity contribution >= 4 is 55.1 Å². The van der Waals surface area contributed by atoms with Gasteiger partial charge in [0.2, 0.25) is 12.7 Å². The first-order chi connectivity index (χ1) is 13.0. The van der Waals surface area contributed by atoms with Gasteiger partial charge in [0.15, 0.2) is 0 Å². The van der Waals surface area contributed by atoms with E-state index in [-0.39, 0.29) is 5.52 Å². The van der Waals surface area contributed by atoms with Crippen molar-refractivity contribution in [3.8, 4) is 0 Å². The van der Waals surface area contributed by atoms with Gasteiger partial charge in [-0.15, -0.1) is 0 Å². The van der Waals surface area contributed by atoms with Crippen molar-refractivity contribution in [1.29, 1.82) is 0 Å². The van der Waals surface area contributed by atoms with E-state index in [0.29, 0.717) is 26.8 Å². The SMILES string of the molecule is Cc1cc(CBr)cc(CBr)c1C(=O)P(=O)(c1ccccc1)c1ccccc1. The van der Waals surface area contributed by atoms with Crippen molar-refractivity contribution in [1.82, 2.24) is 0 Å². The zero-order valence-electron chi connectivity index (χ0n) is 14.9. The van der Waals surface area contributed by atoms with Crippen molar-refractivity contribution < 1.29 is 9.36 Å². The molecule has 0 atom stereocenters. The van der Waals surface area contributed by atoms with Gasteiger partial charge in [-0.25, -0.2) is 0 Å². The Hall–Kier alpha value is -1.48. The first-order valence-electron chi connectivity index (χ1n) is 8.53. The average molecular weight is 506 g/mol. The molecule has 0 amide bonds. The summed E-state index contributed by atoms with van der Waals surface area (Å²) in [5, 5.41) is 2.35. The number of alkyl halides is 2. The first-order valence-corrected chi connectivity index (χ1v) is 12.5. The van der Waals surface area contributed by atoms with Gasteiger partial charge in [-0.2, -0.15) is 0 Å². The number of rotatable bonds is 6. The Bertz CT molecular complexity index is 958. The minimum absolute atomic E-state index is 0.312. The Labute approximate surface area is 176 Å². The number of benzene rings is 3. The fraction of sp³-hybridized carbons (Fsp3) is 0.136. The Morgan fingerprint density at radius 1 is 0.852 bits per heavy atom. The molecule has 0 fully saturated rings. The maximum Gasteiger partial charge on any atom is 0.230 e. The number of carbonyl (C=O) groups is 1. The molecule has 0 aliphatic carbocycles. The Kier molecular flexibility index (Phi) is 6.52. The Morgan fingerprint density at radius 2 is 1.37 bits per heavy atom. The van der Waals surface area contributed by atoms with E-state index in [1.165, 1.54) is 0 Å². The van der Waals surface area contributed by atoms with Crippen molar-refractivity contribution in [2.24, 2.45) is 0 Å². The smallest absolute Gasteiger partial charge is 0.230 e. The molecule has 5 heteroatoms. The summed E-state index contributed by atoms with van der Waals surface area (Å²) in [5.74, 6) is 0. The van der Waals surface area contributed by atoms with E-state index in [9.17, 15) is 9.36 Å². The highest BCUT2D eigenvalue weighted by molar-refractivity contribution is 9.08. The van der Waals surface area contributed by atoms with E-state index in [1.807, 2.05) is 55.5 Å². The second-order valence-corrected chi connectivity index (χ2v) is 10.1. The predicted octanol–water partition coefficient (Wildman–Crippen LogP) is 5.94. The molecular weight excluding hydrogens is 487 g/mol. The highest BCUT2D eigenvalue weighted by atomic mass is 79.9. The van der Waals surface area contributed by atoms with Gasteiger partial charge in [-0.1, -0.05) is 105 Å². The van der Waals surface area contributed by atoms with E-state index in [4.69, 9.17) is 0 Å². The van der Waals surface area contributed by atoms with Gasteiger partial charge in [0.25, 0.3) is 0 Å². The number of hydrogen-bond acceptors (Lipinski definition) is 2. The van der Waals surface area contributed by atoms with Crippen LogP contribution >= 0.6 is 39.0 Å². The zero-order chi connectivity index (χ0) is 19.4. The molecule has 0 N–H and O–H groups in total. The molecule has 0 radical (unpaired) electrons. The second-order valence-electron chi connectivity index (χ2n) is 6.30. The normalized spacial score (nSPS) is 11.4. The molecule has 0 saturated carbocycles. The highest BCUT2D eigenvalue weighted by Gasteiger charge is 2.38. The average Bonchev–Trinajstić information content (AvgIpc) is 2.73. The van der Waals surface area contributed by atoms with E-state index in [1.54, 1.807) is 24.3 Å². The van der Waals surface area contributed by atoms with Crippen LogP contribution in [-0.2, 0) is 15.2 Å². The van der Waals surface area contributed by atoms with Crippen LogP contribution in [0.5, 0.6) is 0 Å². The summed E-state index contributed by atoms with van der Waals surface area (Å²) < 4.78 is 14.3. The lowest BCUT2D eigenvalue weighted by Gasteiger charge is -2.21. The minimum atomic E-state index is -3.50. The lowest BCUT2D eigenvalue weighted by atomic mass is 10.0. The first kappa shape index (κ1) is 20.3. The molecule has 0 unspecified atom stereocenters. The van der Waals surface area contributed by atoms with Gasteiger partial charge in [0, 0.05) is 26.8 Å². The van der Waals surface area contributed by atoms with E-state index < -0.39 is 7.14 Å². The Morgan fingerprint density at radius 3 is 1.81 bits per heavy atom. The Balaban J connectivity index is 2.27. The highest BCUT2D eigenvalue weighted by Crippen LogP contribution is 2.48. The van der Waals surface area contributed by atoms with Crippen LogP contribution in [-0.4, -0.2) is 5.52 Å². The molecular formula is C22H19Br2O2P. The van der Waals surface area contributed by atoms with Gasteiger partial charge in [-0.05, 0) is 23.6 Å². The molecule has 0 heterocycles. The van der Waals surface area contributed by atoms with Gasteiger partial charge in [-0.3, -0.25) is 4.79 Å². The lowest BCUT2D eigenvalue weighted by molar-refractivity contribution is 0.107. The molecule has 138 valence electrons. The summed E-state index contributed by atoms with van der Waals surface area (Å²) in [6.45, 7) is 1.91. The maximum atomic E-state index is 14.3. The van der Waals surface area contributed by atoms with Crippen LogP contribution in [0.2, 0.25) is 0 Å². The fourth-order valence-corrected chi connectivity index (χ4v) is 6.60. The number of aryl methyl sites for hydroxylation is 1. The van der Waals surface area contributed by atoms with Crippen LogP contribution in [0.25, 0.3) is 0 Å². The molecule has 3 aromatic rings. The second kappa shape index (κ2) is 8.68. The molecule has 0 saturated heterocycles. The van der Waals surface area contributed by atoms with Gasteiger partial charge < -0.3 is 4.57 Å². The van der Waals surface area contributed by atoms with Crippen LogP contribution in [0, 0.1) is 6.92 Å². The topological polar surface area (TPSA) is 34.1 Å². The van der Waals surface area contributed by atoms with Crippen LogP contribution in [0.3, 0.4) is 0 Å². The fourth-order valence-electron chi connectivity index (χ4n) is 3.25. The van der Waals surface area contributed by atoms with E-state index >= 15 is 0 Å². The quantitative estimate of drug-likeness (QED) is 0.307. The summed E-state index contributed by atoms with van der Waals surface area (Å²) in [4.78, 5) is 13.8. The van der Waals surface area contributed by atoms with Gasteiger partial charge >= 0.3 is 0 Å². The summed E-state index contributed by atoms with van der Waals surface area (Å²) in [6, 6.07) is 22.1. The summed E-state index contributed by atoms with van der Waals surface area (Å²) in [7, 11) is -3.50. The van der Waals surface area contributed by atoms with Crippen molar-refractivity contribution in [3.05, 3.63) is 95.1 Å². The molecule has 0 aliphatic rings. The summed E-state index contributed by atoms with van der Waals surface area (Å²) in [6.07, 6.45) is 0. The molecule has 27 heavy (non-hydrogen) atoms. The summed E-state index contributed by atoms with van der Waals surface area (Å²) in [5.41, 5.74) is 3.04. The van der Waals surface area contributed by atoms with Crippen LogP contribution in [0.4, 0.5) is 0 Å². The molecule has 0 spiro atoms. The van der Waals surface area contributed by atoms with Crippen molar-refractivity contribution in [2.45, 2.75) is 17.6 Å². The molecule has 2 nitrogen and oxygen atoms in total. The van der Waals surface area contributed by atoms with Gasteiger partial charge in [0.1, 0.15) is 0 Å². The summed E-state index contributed by atoms with van der Waals surface area (Å²) >= 11 is 6.97. The lowest BCUT2D eigenvalue weighted by Crippen LogP contribution is -2.24. The van der Waals surface area contributed by atoms with E-state index in [2.05, 4.69) is 31.9 Å². The molecule has 3 rings (SSSR count). The van der Waals surface area contributed by atoms with Crippen molar-refractivity contribution in [3.63, 3.8) is 0 Å². The van der Waals surface area contributed by atoms with Crippen molar-refractivity contribution in [2.75, 3.05) is 0 Å². The number of hydrogen-bond donors (Lipinski definition) is 0. The molecule has 0 aliphatic heterocycles. The minimum Gasteiger partial charge on any atom is -0.305 e. The number of carbonyl (C=O) groups excluding carboxylic acids is 1. The molecule has 0 bridgehead atoms. The predicted molar refractivity (Wildman–Crippen MR) is 121 cm³/mol. The standard InChI is InChI=1S/C22H19Br2O2P/c1-16-12-17(14-23)13-18(15-24)21(16)22(25)27(26,19-8-4-2-5-9-19)20-10-6-3-7-11-20/h2-13H,14-15H2,1H3. The third-order valence-electron chi connectivity index (χ3n) is 4.51. The maximum absolute atomic E-state index is 14.3. The largest absolute Gasteiger partial charge is 0.305 e. The molecule has 3 aromatic carbocycles. The van der Waals surface area contributed by atoms with Crippen LogP contribution < -0.4 is 10.6 Å². The van der Waals surface area contributed by atoms with Crippen LogP contribution in [0.15, 0.2) is 72.8 Å². The third kappa shape index (κ3) is 3.89. The molecule has 0 aromatic heterocycles. The van der Waals surface area contributed by atoms with E-state index in [0.717, 1.165) is 16.7 Å². The number of halogens is 2. The van der Waals surface area contributed by atoms with Gasteiger partial charge in [0.05, 0.1) is 0 Å². The zero-order valence-corrected chi connectivity index (χ0v) is 18.9.